The molecule has 0 aliphatic rings. The van der Waals surface area contributed by atoms with Crippen LogP contribution in [0.15, 0.2) is 23.8 Å². The van der Waals surface area contributed by atoms with E-state index in [0.29, 0.717) is 12.1 Å². The first kappa shape index (κ1) is 14.9. The number of ether oxygens (including phenoxy) is 1. The van der Waals surface area contributed by atoms with Crippen molar-refractivity contribution in [3.63, 3.8) is 0 Å². The molecule has 1 aromatic carbocycles. The Hall–Kier alpha value is -1.53. The van der Waals surface area contributed by atoms with E-state index >= 15 is 0 Å². The summed E-state index contributed by atoms with van der Waals surface area (Å²) in [6.07, 6.45) is 1.61. The molecule has 0 saturated carbocycles. The first-order valence-electron chi connectivity index (χ1n) is 6.27. The van der Waals surface area contributed by atoms with Crippen LogP contribution in [0, 0.1) is 11.6 Å². The number of hydrogen-bond acceptors (Lipinski definition) is 4. The van der Waals surface area contributed by atoms with Gasteiger partial charge in [0.25, 0.3) is 0 Å². The second-order valence-corrected chi connectivity index (χ2v) is 5.65. The lowest BCUT2D eigenvalue weighted by atomic mass is 10.2. The molecule has 2 aromatic rings. The van der Waals surface area contributed by atoms with Gasteiger partial charge < -0.3 is 10.1 Å². The molecule has 0 aliphatic carbocycles. The first-order valence-corrected chi connectivity index (χ1v) is 7.15. The average Bonchev–Trinajstić information content (AvgIpc) is 2.88. The van der Waals surface area contributed by atoms with Crippen LogP contribution in [0.2, 0.25) is 0 Å². The summed E-state index contributed by atoms with van der Waals surface area (Å²) in [5.41, 5.74) is 2.20. The Morgan fingerprint density at radius 1 is 1.30 bits per heavy atom. The van der Waals surface area contributed by atoms with Gasteiger partial charge in [-0.05, 0) is 17.7 Å². The number of thiazole rings is 1. The van der Waals surface area contributed by atoms with E-state index in [1.54, 1.807) is 11.7 Å². The molecule has 1 N–H and O–H groups in total. The molecule has 0 atom stereocenters. The molecule has 0 amide bonds. The highest BCUT2D eigenvalue weighted by Gasteiger charge is 2.13. The van der Waals surface area contributed by atoms with Crippen molar-refractivity contribution in [2.24, 2.45) is 0 Å². The zero-order valence-electron chi connectivity index (χ0n) is 11.3. The maximum atomic E-state index is 13.9. The van der Waals surface area contributed by atoms with Crippen molar-refractivity contribution in [2.75, 3.05) is 0 Å². The van der Waals surface area contributed by atoms with E-state index in [-0.39, 0.29) is 18.4 Å². The van der Waals surface area contributed by atoms with Crippen LogP contribution < -0.4 is 10.1 Å². The van der Waals surface area contributed by atoms with Crippen molar-refractivity contribution in [1.82, 2.24) is 10.3 Å². The molecule has 3 nitrogen and oxygen atoms in total. The zero-order chi connectivity index (χ0) is 14.5. The van der Waals surface area contributed by atoms with Crippen molar-refractivity contribution in [3.8, 4) is 5.75 Å². The molecule has 1 heterocycles. The summed E-state index contributed by atoms with van der Waals surface area (Å²) in [4.78, 5) is 4.69. The smallest absolute Gasteiger partial charge is 0.191 e. The number of aromatic nitrogens is 1. The van der Waals surface area contributed by atoms with Gasteiger partial charge in [0.05, 0.1) is 10.4 Å². The van der Waals surface area contributed by atoms with Gasteiger partial charge in [-0.1, -0.05) is 13.8 Å². The molecule has 0 saturated heterocycles. The van der Waals surface area contributed by atoms with Gasteiger partial charge >= 0.3 is 0 Å². The number of benzene rings is 1. The summed E-state index contributed by atoms with van der Waals surface area (Å²) in [6.45, 7) is 4.47. The average molecular weight is 298 g/mol. The Kier molecular flexibility index (Phi) is 5.03. The van der Waals surface area contributed by atoms with E-state index < -0.39 is 11.6 Å². The molecule has 0 aliphatic heterocycles. The third-order valence-electron chi connectivity index (χ3n) is 2.61. The van der Waals surface area contributed by atoms with Gasteiger partial charge in [0.2, 0.25) is 0 Å². The fourth-order valence-corrected chi connectivity index (χ4v) is 2.14. The van der Waals surface area contributed by atoms with E-state index in [2.05, 4.69) is 10.3 Å². The van der Waals surface area contributed by atoms with Gasteiger partial charge in [0.1, 0.15) is 6.61 Å². The van der Waals surface area contributed by atoms with Gasteiger partial charge in [0, 0.05) is 18.8 Å². The molecule has 1 aromatic heterocycles. The van der Waals surface area contributed by atoms with E-state index in [1.165, 1.54) is 23.5 Å². The van der Waals surface area contributed by atoms with Gasteiger partial charge in [0.15, 0.2) is 17.4 Å². The standard InChI is InChI=1S/C14H16F2N2OS/c1-9(2)18-5-10-3-12(15)14(13(16)4-10)19-7-11-6-17-8-20-11/h3-4,6,8-9,18H,5,7H2,1-2H3. The number of rotatable bonds is 6. The molecule has 0 fully saturated rings. The predicted molar refractivity (Wildman–Crippen MR) is 74.8 cm³/mol. The van der Waals surface area contributed by atoms with Crippen LogP contribution in [-0.4, -0.2) is 11.0 Å². The van der Waals surface area contributed by atoms with Crippen molar-refractivity contribution in [1.29, 1.82) is 0 Å². The molecule has 0 unspecified atom stereocenters. The van der Waals surface area contributed by atoms with Crippen molar-refractivity contribution in [3.05, 3.63) is 45.9 Å². The number of hydrogen-bond donors (Lipinski definition) is 1. The van der Waals surface area contributed by atoms with Crippen molar-refractivity contribution >= 4 is 11.3 Å². The molecule has 0 radical (unpaired) electrons. The Morgan fingerprint density at radius 2 is 2.00 bits per heavy atom. The topological polar surface area (TPSA) is 34.1 Å². The fraction of sp³-hybridized carbons (Fsp3) is 0.357. The second-order valence-electron chi connectivity index (χ2n) is 4.68. The van der Waals surface area contributed by atoms with Crippen LogP contribution in [0.3, 0.4) is 0 Å². The van der Waals surface area contributed by atoms with E-state index in [4.69, 9.17) is 4.74 Å². The van der Waals surface area contributed by atoms with Gasteiger partial charge in [-0.15, -0.1) is 11.3 Å². The van der Waals surface area contributed by atoms with Crippen LogP contribution in [0.5, 0.6) is 5.75 Å². The van der Waals surface area contributed by atoms with E-state index in [9.17, 15) is 8.78 Å². The molecular formula is C14H16F2N2OS. The highest BCUT2D eigenvalue weighted by molar-refractivity contribution is 7.09. The summed E-state index contributed by atoms with van der Waals surface area (Å²) in [5, 5.41) is 3.11. The number of nitrogens with one attached hydrogen (secondary N) is 1. The maximum Gasteiger partial charge on any atom is 0.191 e. The number of halogens is 2. The third-order valence-corrected chi connectivity index (χ3v) is 3.37. The Morgan fingerprint density at radius 3 is 2.55 bits per heavy atom. The fourth-order valence-electron chi connectivity index (χ4n) is 1.63. The lowest BCUT2D eigenvalue weighted by molar-refractivity contribution is 0.276. The predicted octanol–water partition coefficient (Wildman–Crippen LogP) is 3.50. The lowest BCUT2D eigenvalue weighted by Crippen LogP contribution is -2.22. The summed E-state index contributed by atoms with van der Waals surface area (Å²) < 4.78 is 32.9. The highest BCUT2D eigenvalue weighted by Crippen LogP contribution is 2.24. The second kappa shape index (κ2) is 6.76. The minimum absolute atomic E-state index is 0.113. The molecule has 0 bridgehead atoms. The normalized spacial score (nSPS) is 11.1. The Labute approximate surface area is 120 Å². The van der Waals surface area contributed by atoms with E-state index in [1.807, 2.05) is 13.8 Å². The quantitative estimate of drug-likeness (QED) is 0.886. The van der Waals surface area contributed by atoms with Gasteiger partial charge in [-0.3, -0.25) is 4.98 Å². The minimum Gasteiger partial charge on any atom is -0.482 e. The molecule has 2 rings (SSSR count). The summed E-state index contributed by atoms with van der Waals surface area (Å²) >= 11 is 1.38. The largest absolute Gasteiger partial charge is 0.482 e. The van der Waals surface area contributed by atoms with Crippen LogP contribution >= 0.6 is 11.3 Å². The van der Waals surface area contributed by atoms with Gasteiger partial charge in [-0.2, -0.15) is 0 Å². The Balaban J connectivity index is 2.06. The zero-order valence-corrected chi connectivity index (χ0v) is 12.1. The monoisotopic (exact) mass is 298 g/mol. The third kappa shape index (κ3) is 3.98. The van der Waals surface area contributed by atoms with E-state index in [0.717, 1.165) is 4.88 Å². The van der Waals surface area contributed by atoms with Crippen LogP contribution in [0.25, 0.3) is 0 Å². The van der Waals surface area contributed by atoms with Gasteiger partial charge in [-0.25, -0.2) is 8.78 Å². The molecule has 108 valence electrons. The van der Waals surface area contributed by atoms with Crippen LogP contribution in [-0.2, 0) is 13.2 Å². The SMILES string of the molecule is CC(C)NCc1cc(F)c(OCc2cncs2)c(F)c1. The van der Waals surface area contributed by atoms with Crippen molar-refractivity contribution < 1.29 is 13.5 Å². The lowest BCUT2D eigenvalue weighted by Gasteiger charge is -2.11. The molecule has 20 heavy (non-hydrogen) atoms. The van der Waals surface area contributed by atoms with Crippen LogP contribution in [0.4, 0.5) is 8.78 Å². The number of nitrogens with zero attached hydrogens (tertiary/aromatic N) is 1. The summed E-state index contributed by atoms with van der Waals surface area (Å²) in [6, 6.07) is 2.84. The summed E-state index contributed by atoms with van der Waals surface area (Å²) in [7, 11) is 0. The molecule has 0 spiro atoms. The van der Waals surface area contributed by atoms with Crippen molar-refractivity contribution in [2.45, 2.75) is 33.0 Å². The van der Waals surface area contributed by atoms with Crippen LogP contribution in [0.1, 0.15) is 24.3 Å². The first-order chi connectivity index (χ1) is 9.56. The minimum atomic E-state index is -0.685. The highest BCUT2D eigenvalue weighted by atomic mass is 32.1. The maximum absolute atomic E-state index is 13.9. The summed E-state index contributed by atoms with van der Waals surface area (Å²) in [5.74, 6) is -1.71. The molecule has 6 heteroatoms. The molecular weight excluding hydrogens is 282 g/mol. The Bertz CT molecular complexity index is 535.